The summed E-state index contributed by atoms with van der Waals surface area (Å²) < 4.78 is 50.3. The van der Waals surface area contributed by atoms with Crippen molar-refractivity contribution in [3.63, 3.8) is 0 Å². The molecule has 0 radical (unpaired) electrons. The van der Waals surface area contributed by atoms with E-state index in [9.17, 15) is 18.0 Å². The number of para-hydroxylation sites is 2. The average molecular weight is 407 g/mol. The van der Waals surface area contributed by atoms with Crippen LogP contribution in [0.4, 0.5) is 13.2 Å². The molecule has 7 heteroatoms. The average Bonchev–Trinajstić information content (AvgIpc) is 3.52. The second kappa shape index (κ2) is 8.76. The normalized spacial score (nSPS) is 14.9. The first-order valence-electron chi connectivity index (χ1n) is 9.64. The lowest BCUT2D eigenvalue weighted by molar-refractivity contribution is -0.137. The monoisotopic (exact) mass is 407 g/mol. The Morgan fingerprint density at radius 2 is 1.76 bits per heavy atom. The predicted molar refractivity (Wildman–Crippen MR) is 103 cm³/mol. The molecule has 2 aromatic rings. The number of ether oxygens (including phenoxy) is 2. The standard InChI is InChI=1S/C22H24F3NO3/c1-3-28-19-9-4-5-10-20(19)29-14-21(27)26(18-11-12-18)15(2)16-7-6-8-17(13-16)22(23,24)25/h4-10,13,15,18H,3,11-12,14H2,1-2H3/t15-/m1/s1. The quantitative estimate of drug-likeness (QED) is 0.601. The highest BCUT2D eigenvalue weighted by Gasteiger charge is 2.37. The third kappa shape index (κ3) is 5.22. The van der Waals surface area contributed by atoms with E-state index in [4.69, 9.17) is 9.47 Å². The highest BCUT2D eigenvalue weighted by Crippen LogP contribution is 2.37. The van der Waals surface area contributed by atoms with Gasteiger partial charge in [0.2, 0.25) is 0 Å². The molecule has 4 nitrogen and oxygen atoms in total. The maximum absolute atomic E-state index is 13.1. The molecule has 0 aliphatic heterocycles. The maximum Gasteiger partial charge on any atom is 0.416 e. The van der Waals surface area contributed by atoms with E-state index >= 15 is 0 Å². The largest absolute Gasteiger partial charge is 0.490 e. The molecule has 1 fully saturated rings. The summed E-state index contributed by atoms with van der Waals surface area (Å²) >= 11 is 0. The van der Waals surface area contributed by atoms with Crippen LogP contribution in [-0.4, -0.2) is 30.1 Å². The molecule has 1 amide bonds. The zero-order chi connectivity index (χ0) is 21.0. The van der Waals surface area contributed by atoms with Crippen molar-refractivity contribution >= 4 is 5.91 Å². The van der Waals surface area contributed by atoms with Crippen LogP contribution in [0.5, 0.6) is 11.5 Å². The number of halogens is 3. The molecule has 0 aromatic heterocycles. The summed E-state index contributed by atoms with van der Waals surface area (Å²) in [6.07, 6.45) is -2.74. The maximum atomic E-state index is 13.1. The smallest absolute Gasteiger partial charge is 0.416 e. The van der Waals surface area contributed by atoms with Gasteiger partial charge in [0.15, 0.2) is 18.1 Å². The van der Waals surface area contributed by atoms with E-state index in [0.29, 0.717) is 23.7 Å². The minimum absolute atomic E-state index is 0.0257. The van der Waals surface area contributed by atoms with Crippen molar-refractivity contribution in [3.05, 3.63) is 59.7 Å². The zero-order valence-corrected chi connectivity index (χ0v) is 16.4. The number of benzene rings is 2. The van der Waals surface area contributed by atoms with Gasteiger partial charge in [0.1, 0.15) is 0 Å². The van der Waals surface area contributed by atoms with Crippen LogP contribution in [0, 0.1) is 0 Å². The van der Waals surface area contributed by atoms with E-state index in [1.807, 2.05) is 13.0 Å². The molecule has 29 heavy (non-hydrogen) atoms. The van der Waals surface area contributed by atoms with Crippen LogP contribution in [0.1, 0.15) is 43.9 Å². The molecule has 0 N–H and O–H groups in total. The van der Waals surface area contributed by atoms with E-state index in [0.717, 1.165) is 25.0 Å². The van der Waals surface area contributed by atoms with Crippen LogP contribution >= 0.6 is 0 Å². The van der Waals surface area contributed by atoms with E-state index in [1.165, 1.54) is 6.07 Å². The van der Waals surface area contributed by atoms with Gasteiger partial charge in [0, 0.05) is 6.04 Å². The molecule has 3 rings (SSSR count). The number of carbonyl (C=O) groups excluding carboxylic acids is 1. The van der Waals surface area contributed by atoms with Gasteiger partial charge in [-0.15, -0.1) is 0 Å². The number of nitrogens with zero attached hydrogens (tertiary/aromatic N) is 1. The summed E-state index contributed by atoms with van der Waals surface area (Å²) in [5, 5.41) is 0. The first-order valence-corrected chi connectivity index (χ1v) is 9.64. The minimum atomic E-state index is -4.42. The van der Waals surface area contributed by atoms with Gasteiger partial charge in [-0.05, 0) is 56.5 Å². The van der Waals surface area contributed by atoms with Crippen molar-refractivity contribution < 1.29 is 27.4 Å². The third-order valence-corrected chi connectivity index (χ3v) is 4.84. The number of hydrogen-bond donors (Lipinski definition) is 0. The molecular formula is C22H24F3NO3. The van der Waals surface area contributed by atoms with Crippen molar-refractivity contribution in [3.8, 4) is 11.5 Å². The summed E-state index contributed by atoms with van der Waals surface area (Å²) in [5.41, 5.74) is -0.262. The second-order valence-electron chi connectivity index (χ2n) is 7.00. The third-order valence-electron chi connectivity index (χ3n) is 4.84. The van der Waals surface area contributed by atoms with E-state index in [1.54, 1.807) is 36.1 Å². The van der Waals surface area contributed by atoms with Gasteiger partial charge in [0.25, 0.3) is 5.91 Å². The molecule has 1 saturated carbocycles. The molecule has 156 valence electrons. The van der Waals surface area contributed by atoms with Gasteiger partial charge in [-0.1, -0.05) is 24.3 Å². The first kappa shape index (κ1) is 21.0. The molecular weight excluding hydrogens is 383 g/mol. The molecule has 0 bridgehead atoms. The van der Waals surface area contributed by atoms with Crippen molar-refractivity contribution in [1.29, 1.82) is 0 Å². The molecule has 1 aliphatic rings. The molecule has 1 aliphatic carbocycles. The fourth-order valence-corrected chi connectivity index (χ4v) is 3.28. The molecule has 0 spiro atoms. The minimum Gasteiger partial charge on any atom is -0.490 e. The van der Waals surface area contributed by atoms with E-state index < -0.39 is 17.8 Å². The summed E-state index contributed by atoms with van der Waals surface area (Å²) in [4.78, 5) is 14.5. The lowest BCUT2D eigenvalue weighted by Crippen LogP contribution is -2.38. The molecule has 2 aromatic carbocycles. The Morgan fingerprint density at radius 1 is 1.10 bits per heavy atom. The van der Waals surface area contributed by atoms with E-state index in [2.05, 4.69) is 0 Å². The fourth-order valence-electron chi connectivity index (χ4n) is 3.28. The Labute approximate surface area is 168 Å². The summed E-state index contributed by atoms with van der Waals surface area (Å²) in [6.45, 7) is 3.87. The van der Waals surface area contributed by atoms with Crippen molar-refractivity contribution in [2.24, 2.45) is 0 Å². The summed E-state index contributed by atoms with van der Waals surface area (Å²) in [5.74, 6) is 0.751. The highest BCUT2D eigenvalue weighted by atomic mass is 19.4. The Kier molecular flexibility index (Phi) is 6.35. The summed E-state index contributed by atoms with van der Waals surface area (Å²) in [7, 11) is 0. The Bertz CT molecular complexity index is 849. The molecule has 1 atom stereocenters. The van der Waals surface area contributed by atoms with Gasteiger partial charge >= 0.3 is 6.18 Å². The molecule has 0 heterocycles. The second-order valence-corrected chi connectivity index (χ2v) is 7.00. The Balaban J connectivity index is 1.74. The lowest BCUT2D eigenvalue weighted by Gasteiger charge is -2.30. The molecule has 0 saturated heterocycles. The van der Waals surface area contributed by atoms with Crippen LogP contribution in [0.25, 0.3) is 0 Å². The number of rotatable bonds is 8. The lowest BCUT2D eigenvalue weighted by atomic mass is 10.0. The Hall–Kier alpha value is -2.70. The fraction of sp³-hybridized carbons (Fsp3) is 0.409. The van der Waals surface area contributed by atoms with Crippen molar-refractivity contribution in [2.45, 2.75) is 44.9 Å². The van der Waals surface area contributed by atoms with Crippen LogP contribution < -0.4 is 9.47 Å². The topological polar surface area (TPSA) is 38.8 Å². The summed E-state index contributed by atoms with van der Waals surface area (Å²) in [6, 6.07) is 11.8. The predicted octanol–water partition coefficient (Wildman–Crippen LogP) is 5.24. The zero-order valence-electron chi connectivity index (χ0n) is 16.4. The van der Waals surface area contributed by atoms with Crippen LogP contribution in [-0.2, 0) is 11.0 Å². The van der Waals surface area contributed by atoms with E-state index in [-0.39, 0.29) is 18.6 Å². The number of hydrogen-bond acceptors (Lipinski definition) is 3. The van der Waals surface area contributed by atoms with Crippen LogP contribution in [0.3, 0.4) is 0 Å². The first-order chi connectivity index (χ1) is 13.8. The van der Waals surface area contributed by atoms with Crippen molar-refractivity contribution in [2.75, 3.05) is 13.2 Å². The van der Waals surface area contributed by atoms with Gasteiger partial charge in [-0.25, -0.2) is 0 Å². The van der Waals surface area contributed by atoms with Crippen molar-refractivity contribution in [1.82, 2.24) is 4.90 Å². The number of alkyl halides is 3. The van der Waals surface area contributed by atoms with Gasteiger partial charge in [-0.3, -0.25) is 4.79 Å². The molecule has 0 unspecified atom stereocenters. The SMILES string of the molecule is CCOc1ccccc1OCC(=O)N(C1CC1)[C@H](C)c1cccc(C(F)(F)F)c1. The highest BCUT2D eigenvalue weighted by molar-refractivity contribution is 5.79. The number of carbonyl (C=O) groups is 1. The Morgan fingerprint density at radius 3 is 2.34 bits per heavy atom. The van der Waals surface area contributed by atoms with Crippen LogP contribution in [0.15, 0.2) is 48.5 Å². The van der Waals surface area contributed by atoms with Gasteiger partial charge in [0.05, 0.1) is 18.2 Å². The van der Waals surface area contributed by atoms with Crippen LogP contribution in [0.2, 0.25) is 0 Å². The number of amides is 1. The van der Waals surface area contributed by atoms with Gasteiger partial charge < -0.3 is 14.4 Å². The van der Waals surface area contributed by atoms with Gasteiger partial charge in [-0.2, -0.15) is 13.2 Å².